The lowest BCUT2D eigenvalue weighted by molar-refractivity contribution is 0.590. The van der Waals surface area contributed by atoms with E-state index in [4.69, 9.17) is 0 Å². The fourth-order valence-electron chi connectivity index (χ4n) is 3.48. The van der Waals surface area contributed by atoms with Gasteiger partial charge in [-0.1, -0.05) is 24.3 Å². The zero-order chi connectivity index (χ0) is 17.2. The minimum Gasteiger partial charge on any atom is -0.349 e. The number of hydrogen-bond acceptors (Lipinski definition) is 4. The quantitative estimate of drug-likeness (QED) is 0.768. The highest BCUT2D eigenvalue weighted by molar-refractivity contribution is 5.39. The Morgan fingerprint density at radius 1 is 1.36 bits per heavy atom. The Balaban J connectivity index is 1.63. The summed E-state index contributed by atoms with van der Waals surface area (Å²) in [4.78, 5) is 23.6. The van der Waals surface area contributed by atoms with E-state index in [1.807, 2.05) is 17.7 Å². The number of aryl methyl sites for hydroxylation is 1. The van der Waals surface area contributed by atoms with Crippen molar-refractivity contribution in [2.24, 2.45) is 0 Å². The lowest BCUT2D eigenvalue weighted by atomic mass is 9.88. The highest BCUT2D eigenvalue weighted by Gasteiger charge is 2.21. The van der Waals surface area contributed by atoms with E-state index in [2.05, 4.69) is 44.5 Å². The summed E-state index contributed by atoms with van der Waals surface area (Å²) in [6.45, 7) is 2.00. The molecule has 6 nitrogen and oxygen atoms in total. The highest BCUT2D eigenvalue weighted by Crippen LogP contribution is 2.31. The second kappa shape index (κ2) is 6.55. The minimum absolute atomic E-state index is 0.0519. The summed E-state index contributed by atoms with van der Waals surface area (Å²) in [6, 6.07) is 10.1. The number of aromatic nitrogens is 4. The fourth-order valence-corrected chi connectivity index (χ4v) is 3.48. The van der Waals surface area contributed by atoms with Crippen LogP contribution in [0.5, 0.6) is 0 Å². The molecule has 6 heteroatoms. The van der Waals surface area contributed by atoms with Gasteiger partial charge in [0, 0.05) is 18.5 Å². The number of benzene rings is 1. The first-order valence-corrected chi connectivity index (χ1v) is 8.64. The maximum atomic E-state index is 12.1. The van der Waals surface area contributed by atoms with Gasteiger partial charge in [0.25, 0.3) is 5.56 Å². The first kappa shape index (κ1) is 15.6. The number of fused-ring (bicyclic) bond motifs is 1. The van der Waals surface area contributed by atoms with E-state index in [1.165, 1.54) is 11.1 Å². The van der Waals surface area contributed by atoms with Crippen molar-refractivity contribution in [3.8, 4) is 0 Å². The van der Waals surface area contributed by atoms with E-state index < -0.39 is 0 Å². The lowest BCUT2D eigenvalue weighted by Gasteiger charge is -2.26. The van der Waals surface area contributed by atoms with Gasteiger partial charge in [-0.05, 0) is 37.3 Å². The van der Waals surface area contributed by atoms with Gasteiger partial charge >= 0.3 is 0 Å². The average Bonchev–Trinajstić information content (AvgIpc) is 3.15. The van der Waals surface area contributed by atoms with Gasteiger partial charge in [0.2, 0.25) is 5.95 Å². The monoisotopic (exact) mass is 335 g/mol. The summed E-state index contributed by atoms with van der Waals surface area (Å²) in [6.07, 6.45) is 8.60. The molecule has 0 aliphatic heterocycles. The van der Waals surface area contributed by atoms with Gasteiger partial charge in [-0.25, -0.2) is 9.97 Å². The van der Waals surface area contributed by atoms with E-state index in [9.17, 15) is 4.79 Å². The number of H-pyrrole nitrogens is 1. The van der Waals surface area contributed by atoms with Crippen molar-refractivity contribution in [3.05, 3.63) is 76.2 Å². The Bertz CT molecular complexity index is 916. The molecule has 0 fully saturated rings. The molecule has 2 unspecified atom stereocenters. The molecule has 128 valence electrons. The standard InChI is InChI=1S/C19H21N5O/c1-13(24-10-9-20-12-24)17-11-18(25)23-19(22-17)21-16-8-4-6-14-5-2-3-7-15(14)16/h2-3,5,7,9-13,16H,4,6,8H2,1H3,(H2,21,22,23,25). The Hall–Kier alpha value is -2.89. The predicted molar refractivity (Wildman–Crippen MR) is 96.6 cm³/mol. The largest absolute Gasteiger partial charge is 0.349 e. The third-order valence-electron chi connectivity index (χ3n) is 4.84. The molecule has 3 aromatic rings. The van der Waals surface area contributed by atoms with Crippen LogP contribution in [0.3, 0.4) is 0 Å². The zero-order valence-electron chi connectivity index (χ0n) is 14.1. The number of anilines is 1. The summed E-state index contributed by atoms with van der Waals surface area (Å²) < 4.78 is 1.93. The van der Waals surface area contributed by atoms with E-state index in [-0.39, 0.29) is 17.6 Å². The fraction of sp³-hybridized carbons (Fsp3) is 0.316. The van der Waals surface area contributed by atoms with E-state index in [0.29, 0.717) is 11.6 Å². The van der Waals surface area contributed by atoms with Crippen LogP contribution in [0.25, 0.3) is 0 Å². The number of rotatable bonds is 4. The summed E-state index contributed by atoms with van der Waals surface area (Å²) in [5, 5.41) is 3.43. The summed E-state index contributed by atoms with van der Waals surface area (Å²) in [7, 11) is 0. The van der Waals surface area contributed by atoms with Gasteiger partial charge in [0.1, 0.15) is 0 Å². The molecular weight excluding hydrogens is 314 g/mol. The topological polar surface area (TPSA) is 75.6 Å². The van der Waals surface area contributed by atoms with Gasteiger partial charge in [0.15, 0.2) is 0 Å². The van der Waals surface area contributed by atoms with E-state index in [0.717, 1.165) is 19.3 Å². The molecule has 0 spiro atoms. The molecule has 1 aliphatic rings. The van der Waals surface area contributed by atoms with Crippen LogP contribution < -0.4 is 10.9 Å². The van der Waals surface area contributed by atoms with E-state index in [1.54, 1.807) is 18.6 Å². The summed E-state index contributed by atoms with van der Waals surface area (Å²) >= 11 is 0. The minimum atomic E-state index is -0.149. The molecule has 0 radical (unpaired) electrons. The summed E-state index contributed by atoms with van der Waals surface area (Å²) in [5.74, 6) is 0.524. The van der Waals surface area contributed by atoms with Crippen molar-refractivity contribution in [1.82, 2.24) is 19.5 Å². The molecule has 2 aromatic heterocycles. The Kier molecular flexibility index (Phi) is 4.09. The third kappa shape index (κ3) is 3.20. The van der Waals surface area contributed by atoms with Crippen molar-refractivity contribution in [1.29, 1.82) is 0 Å². The second-order valence-corrected chi connectivity index (χ2v) is 6.49. The number of nitrogens with zero attached hydrogens (tertiary/aromatic N) is 3. The van der Waals surface area contributed by atoms with Crippen molar-refractivity contribution < 1.29 is 0 Å². The van der Waals surface area contributed by atoms with Gasteiger partial charge in [0.05, 0.1) is 24.1 Å². The van der Waals surface area contributed by atoms with E-state index >= 15 is 0 Å². The van der Waals surface area contributed by atoms with Crippen molar-refractivity contribution in [2.45, 2.75) is 38.3 Å². The van der Waals surface area contributed by atoms with Crippen LogP contribution in [0.1, 0.15) is 48.7 Å². The molecule has 2 N–H and O–H groups in total. The molecule has 0 bridgehead atoms. The van der Waals surface area contributed by atoms with Crippen LogP contribution in [0.15, 0.2) is 53.8 Å². The molecule has 25 heavy (non-hydrogen) atoms. The molecule has 2 atom stereocenters. The molecule has 2 heterocycles. The predicted octanol–water partition coefficient (Wildman–Crippen LogP) is 3.07. The van der Waals surface area contributed by atoms with Crippen LogP contribution in [-0.4, -0.2) is 19.5 Å². The van der Waals surface area contributed by atoms with Gasteiger partial charge < -0.3 is 9.88 Å². The normalized spacial score (nSPS) is 17.7. The smallest absolute Gasteiger partial charge is 0.252 e. The van der Waals surface area contributed by atoms with Crippen LogP contribution in [0.4, 0.5) is 5.95 Å². The number of nitrogens with one attached hydrogen (secondary N) is 2. The Morgan fingerprint density at radius 2 is 2.24 bits per heavy atom. The summed E-state index contributed by atoms with van der Waals surface area (Å²) in [5.41, 5.74) is 3.23. The van der Waals surface area contributed by atoms with Crippen LogP contribution in [0.2, 0.25) is 0 Å². The van der Waals surface area contributed by atoms with Crippen LogP contribution in [-0.2, 0) is 6.42 Å². The number of imidazole rings is 1. The molecule has 0 saturated carbocycles. The van der Waals surface area contributed by atoms with Crippen LogP contribution >= 0.6 is 0 Å². The van der Waals surface area contributed by atoms with Crippen molar-refractivity contribution >= 4 is 5.95 Å². The molecule has 1 aliphatic carbocycles. The van der Waals surface area contributed by atoms with Gasteiger partial charge in [-0.2, -0.15) is 0 Å². The molecule has 0 amide bonds. The first-order valence-electron chi connectivity index (χ1n) is 8.64. The zero-order valence-corrected chi connectivity index (χ0v) is 14.1. The maximum Gasteiger partial charge on any atom is 0.252 e. The van der Waals surface area contributed by atoms with Gasteiger partial charge in [-0.15, -0.1) is 0 Å². The van der Waals surface area contributed by atoms with Crippen molar-refractivity contribution in [3.63, 3.8) is 0 Å². The van der Waals surface area contributed by atoms with Crippen LogP contribution in [0, 0.1) is 0 Å². The van der Waals surface area contributed by atoms with Crippen molar-refractivity contribution in [2.75, 3.05) is 5.32 Å². The maximum absolute atomic E-state index is 12.1. The second-order valence-electron chi connectivity index (χ2n) is 6.49. The number of hydrogen-bond donors (Lipinski definition) is 2. The molecular formula is C19H21N5O. The first-order chi connectivity index (χ1) is 12.2. The molecule has 1 aromatic carbocycles. The Morgan fingerprint density at radius 3 is 3.08 bits per heavy atom. The Labute approximate surface area is 146 Å². The lowest BCUT2D eigenvalue weighted by Crippen LogP contribution is -2.22. The number of aromatic amines is 1. The molecule has 4 rings (SSSR count). The highest BCUT2D eigenvalue weighted by atomic mass is 16.1. The van der Waals surface area contributed by atoms with Gasteiger partial charge in [-0.3, -0.25) is 9.78 Å². The average molecular weight is 335 g/mol. The third-order valence-corrected chi connectivity index (χ3v) is 4.84. The molecule has 0 saturated heterocycles. The SMILES string of the molecule is CC(c1cc(=O)[nH]c(NC2CCCc3ccccc32)n1)n1ccnc1.